The van der Waals surface area contributed by atoms with Crippen molar-refractivity contribution in [3.63, 3.8) is 0 Å². The third kappa shape index (κ3) is 3.36. The van der Waals surface area contributed by atoms with Gasteiger partial charge >= 0.3 is 0 Å². The Morgan fingerprint density at radius 2 is 2.10 bits per heavy atom. The maximum absolute atomic E-state index is 8.97. The van der Waals surface area contributed by atoms with Crippen molar-refractivity contribution in [3.05, 3.63) is 28.8 Å². The molecule has 1 aromatic carbocycles. The lowest BCUT2D eigenvalue weighted by Gasteiger charge is -2.38. The number of halogens is 1. The van der Waals surface area contributed by atoms with Crippen LogP contribution in [0.1, 0.15) is 37.7 Å². The minimum atomic E-state index is 0.423. The van der Waals surface area contributed by atoms with Gasteiger partial charge in [-0.1, -0.05) is 42.6 Å². The standard InChI is InChI=1S/C16H18ClN3S/c17-13-5-4-12(9-18)8-14(13)20-15-19-10-16(11-21-15)6-2-1-3-7-16/h4-5,8H,1-3,6-7,10-11H2,(H,19,20). The Balaban J connectivity index is 1.71. The Morgan fingerprint density at radius 1 is 1.29 bits per heavy atom. The molecule has 1 N–H and O–H groups in total. The molecule has 0 aromatic heterocycles. The van der Waals surface area contributed by atoms with Gasteiger partial charge in [0.2, 0.25) is 0 Å². The molecular weight excluding hydrogens is 302 g/mol. The summed E-state index contributed by atoms with van der Waals surface area (Å²) >= 11 is 7.96. The van der Waals surface area contributed by atoms with Gasteiger partial charge in [0, 0.05) is 12.3 Å². The topological polar surface area (TPSA) is 48.2 Å². The number of hydrogen-bond donors (Lipinski definition) is 1. The number of benzene rings is 1. The molecule has 3 nitrogen and oxygen atoms in total. The van der Waals surface area contributed by atoms with Crippen LogP contribution in [0.4, 0.5) is 5.69 Å². The molecule has 1 aliphatic carbocycles. The van der Waals surface area contributed by atoms with Crippen LogP contribution in [0.25, 0.3) is 0 Å². The van der Waals surface area contributed by atoms with Gasteiger partial charge in [-0.05, 0) is 36.5 Å². The highest BCUT2D eigenvalue weighted by molar-refractivity contribution is 8.14. The second kappa shape index (κ2) is 6.29. The van der Waals surface area contributed by atoms with Crippen molar-refractivity contribution >= 4 is 34.2 Å². The molecule has 110 valence electrons. The van der Waals surface area contributed by atoms with Crippen molar-refractivity contribution in [2.75, 3.05) is 17.6 Å². The molecule has 1 saturated carbocycles. The average Bonchev–Trinajstić information content (AvgIpc) is 2.53. The number of rotatable bonds is 1. The summed E-state index contributed by atoms with van der Waals surface area (Å²) in [5, 5.41) is 13.8. The zero-order valence-corrected chi connectivity index (χ0v) is 13.4. The van der Waals surface area contributed by atoms with Gasteiger partial charge in [-0.3, -0.25) is 4.99 Å². The van der Waals surface area contributed by atoms with Crippen molar-refractivity contribution in [1.82, 2.24) is 0 Å². The summed E-state index contributed by atoms with van der Waals surface area (Å²) in [6, 6.07) is 7.38. The summed E-state index contributed by atoms with van der Waals surface area (Å²) in [6.45, 7) is 0.915. The van der Waals surface area contributed by atoms with Crippen molar-refractivity contribution < 1.29 is 0 Å². The van der Waals surface area contributed by atoms with E-state index in [1.807, 2.05) is 0 Å². The predicted molar refractivity (Wildman–Crippen MR) is 90.1 cm³/mol. The molecule has 1 spiro atoms. The van der Waals surface area contributed by atoms with E-state index in [4.69, 9.17) is 21.9 Å². The predicted octanol–water partition coefficient (Wildman–Crippen LogP) is 4.68. The Morgan fingerprint density at radius 3 is 2.76 bits per heavy atom. The fourth-order valence-electron chi connectivity index (χ4n) is 3.04. The third-order valence-corrected chi connectivity index (χ3v) is 5.92. The lowest BCUT2D eigenvalue weighted by atomic mass is 9.75. The molecule has 0 bridgehead atoms. The van der Waals surface area contributed by atoms with E-state index in [2.05, 4.69) is 11.4 Å². The first-order chi connectivity index (χ1) is 10.2. The molecule has 1 aliphatic heterocycles. The van der Waals surface area contributed by atoms with E-state index < -0.39 is 0 Å². The highest BCUT2D eigenvalue weighted by Gasteiger charge is 2.34. The van der Waals surface area contributed by atoms with Gasteiger partial charge in [-0.25, -0.2) is 0 Å². The molecule has 2 aliphatic rings. The average molecular weight is 320 g/mol. The molecule has 1 heterocycles. The Labute approximate surface area is 134 Å². The van der Waals surface area contributed by atoms with Crippen LogP contribution in [0.15, 0.2) is 23.2 Å². The van der Waals surface area contributed by atoms with E-state index in [1.54, 1.807) is 30.0 Å². The largest absolute Gasteiger partial charge is 0.334 e. The molecule has 0 saturated heterocycles. The summed E-state index contributed by atoms with van der Waals surface area (Å²) in [5.41, 5.74) is 1.79. The van der Waals surface area contributed by atoms with Crippen LogP contribution in [0.3, 0.4) is 0 Å². The number of nitriles is 1. The van der Waals surface area contributed by atoms with Crippen LogP contribution in [0, 0.1) is 16.7 Å². The fraction of sp³-hybridized carbons (Fsp3) is 0.500. The summed E-state index contributed by atoms with van der Waals surface area (Å²) in [4.78, 5) is 4.73. The number of thioether (sulfide) groups is 1. The molecule has 0 amide bonds. The van der Waals surface area contributed by atoms with E-state index >= 15 is 0 Å². The van der Waals surface area contributed by atoms with Gasteiger partial charge in [0.05, 0.1) is 22.3 Å². The highest BCUT2D eigenvalue weighted by Crippen LogP contribution is 2.42. The molecule has 1 fully saturated rings. The molecule has 0 unspecified atom stereocenters. The van der Waals surface area contributed by atoms with Crippen LogP contribution in [0.2, 0.25) is 5.02 Å². The quantitative estimate of drug-likeness (QED) is 0.817. The van der Waals surface area contributed by atoms with Crippen LogP contribution < -0.4 is 5.32 Å². The maximum atomic E-state index is 8.97. The van der Waals surface area contributed by atoms with Crippen molar-refractivity contribution in [2.24, 2.45) is 10.4 Å². The lowest BCUT2D eigenvalue weighted by Crippen LogP contribution is -2.35. The zero-order valence-electron chi connectivity index (χ0n) is 11.9. The lowest BCUT2D eigenvalue weighted by molar-refractivity contribution is 0.232. The second-order valence-corrected chi connectivity index (χ2v) is 7.27. The normalized spacial score (nSPS) is 20.7. The van der Waals surface area contributed by atoms with E-state index in [1.165, 1.54) is 32.1 Å². The fourth-order valence-corrected chi connectivity index (χ4v) is 4.36. The second-order valence-electron chi connectivity index (χ2n) is 5.90. The van der Waals surface area contributed by atoms with Crippen molar-refractivity contribution in [2.45, 2.75) is 32.1 Å². The van der Waals surface area contributed by atoms with Crippen LogP contribution >= 0.6 is 23.4 Å². The van der Waals surface area contributed by atoms with Gasteiger partial charge < -0.3 is 5.32 Å². The monoisotopic (exact) mass is 319 g/mol. The van der Waals surface area contributed by atoms with Crippen molar-refractivity contribution in [3.8, 4) is 6.07 Å². The molecular formula is C16H18ClN3S. The Kier molecular flexibility index (Phi) is 4.42. The molecule has 21 heavy (non-hydrogen) atoms. The van der Waals surface area contributed by atoms with Crippen LogP contribution in [0.5, 0.6) is 0 Å². The van der Waals surface area contributed by atoms with E-state index in [0.717, 1.165) is 23.2 Å². The van der Waals surface area contributed by atoms with Gasteiger partial charge in [-0.2, -0.15) is 5.26 Å². The summed E-state index contributed by atoms with van der Waals surface area (Å²) in [7, 11) is 0. The SMILES string of the molecule is N#Cc1ccc(Cl)c(NC2=NCC3(CCCCC3)CS2)c1. The first-order valence-electron chi connectivity index (χ1n) is 7.35. The minimum absolute atomic E-state index is 0.423. The first kappa shape index (κ1) is 14.7. The van der Waals surface area contributed by atoms with Gasteiger partial charge in [0.25, 0.3) is 0 Å². The van der Waals surface area contributed by atoms with Gasteiger partial charge in [-0.15, -0.1) is 0 Å². The van der Waals surface area contributed by atoms with Gasteiger partial charge in [0.1, 0.15) is 0 Å². The van der Waals surface area contributed by atoms with E-state index in [9.17, 15) is 0 Å². The highest BCUT2D eigenvalue weighted by atomic mass is 35.5. The molecule has 5 heteroatoms. The number of anilines is 1. The molecule has 3 rings (SSSR count). The third-order valence-electron chi connectivity index (χ3n) is 4.32. The summed E-state index contributed by atoms with van der Waals surface area (Å²) in [5.74, 6) is 1.13. The minimum Gasteiger partial charge on any atom is -0.334 e. The molecule has 0 radical (unpaired) electrons. The van der Waals surface area contributed by atoms with Crippen molar-refractivity contribution in [1.29, 1.82) is 5.26 Å². The zero-order chi connectivity index (χ0) is 14.7. The van der Waals surface area contributed by atoms with Gasteiger partial charge in [0.15, 0.2) is 5.17 Å². The number of amidine groups is 1. The van der Waals surface area contributed by atoms with Crippen LogP contribution in [-0.4, -0.2) is 17.5 Å². The van der Waals surface area contributed by atoms with Crippen LogP contribution in [-0.2, 0) is 0 Å². The summed E-state index contributed by atoms with van der Waals surface area (Å²) < 4.78 is 0. The molecule has 1 aromatic rings. The Bertz CT molecular complexity index is 600. The smallest absolute Gasteiger partial charge is 0.161 e. The number of hydrogen-bond acceptors (Lipinski definition) is 4. The first-order valence-corrected chi connectivity index (χ1v) is 8.71. The maximum Gasteiger partial charge on any atom is 0.161 e. The summed E-state index contributed by atoms with van der Waals surface area (Å²) in [6.07, 6.45) is 6.67. The number of aliphatic imine (C=N–C) groups is 1. The number of nitrogens with zero attached hydrogens (tertiary/aromatic N) is 2. The Hall–Kier alpha value is -1.18. The van der Waals surface area contributed by atoms with E-state index in [-0.39, 0.29) is 0 Å². The molecule has 0 atom stereocenters. The van der Waals surface area contributed by atoms with E-state index in [0.29, 0.717) is 16.0 Å². The number of nitrogens with one attached hydrogen (secondary N) is 1.